The Morgan fingerprint density at radius 1 is 1.22 bits per heavy atom. The lowest BCUT2D eigenvalue weighted by molar-refractivity contribution is -0.124. The smallest absolute Gasteiger partial charge is 0.251 e. The van der Waals surface area contributed by atoms with E-state index in [4.69, 9.17) is 5.73 Å². The molecule has 0 spiro atoms. The molecule has 1 atom stereocenters. The van der Waals surface area contributed by atoms with Crippen LogP contribution in [0.3, 0.4) is 0 Å². The minimum atomic E-state index is -0.0921. The molecule has 2 amide bonds. The second-order valence-electron chi connectivity index (χ2n) is 9.37. The molecule has 1 aliphatic rings. The highest BCUT2D eigenvalue weighted by Gasteiger charge is 2.20. The summed E-state index contributed by atoms with van der Waals surface area (Å²) in [4.78, 5) is 25.2. The van der Waals surface area contributed by atoms with E-state index in [1.807, 2.05) is 10.9 Å². The monoisotopic (exact) mass is 442 g/mol. The number of hydrogen-bond acceptors (Lipinski definition) is 5. The first-order chi connectivity index (χ1) is 15.1. The van der Waals surface area contributed by atoms with Crippen LogP contribution in [-0.4, -0.2) is 50.8 Å². The molecule has 0 radical (unpaired) electrons. The van der Waals surface area contributed by atoms with Gasteiger partial charge in [-0.25, -0.2) is 0 Å². The summed E-state index contributed by atoms with van der Waals surface area (Å²) in [5.41, 5.74) is 8.93. The first-order valence-electron chi connectivity index (χ1n) is 11.4. The van der Waals surface area contributed by atoms with Gasteiger partial charge in [0.25, 0.3) is 5.91 Å². The van der Waals surface area contributed by atoms with Crippen LogP contribution in [-0.2, 0) is 22.6 Å². The second kappa shape index (κ2) is 11.8. The first-order valence-corrected chi connectivity index (χ1v) is 11.4. The largest absolute Gasteiger partial charge is 0.354 e. The minimum Gasteiger partial charge on any atom is -0.354 e. The van der Waals surface area contributed by atoms with Crippen molar-refractivity contribution in [1.82, 2.24) is 25.2 Å². The third-order valence-electron chi connectivity index (χ3n) is 5.67. The molecule has 0 fully saturated rings. The molecule has 1 aromatic heterocycles. The average molecular weight is 443 g/mol. The molecule has 1 aliphatic heterocycles. The molecule has 1 aromatic rings. The predicted molar refractivity (Wildman–Crippen MR) is 126 cm³/mol. The van der Waals surface area contributed by atoms with E-state index in [-0.39, 0.29) is 23.3 Å². The maximum absolute atomic E-state index is 12.0. The van der Waals surface area contributed by atoms with E-state index in [0.717, 1.165) is 37.1 Å². The van der Waals surface area contributed by atoms with Crippen molar-refractivity contribution in [3.63, 3.8) is 0 Å². The van der Waals surface area contributed by atoms with Crippen LogP contribution >= 0.6 is 0 Å². The van der Waals surface area contributed by atoms with Crippen LogP contribution in [0.25, 0.3) is 0 Å². The molecule has 0 saturated carbocycles. The van der Waals surface area contributed by atoms with E-state index < -0.39 is 0 Å². The highest BCUT2D eigenvalue weighted by atomic mass is 16.2. The fourth-order valence-corrected chi connectivity index (χ4v) is 3.50. The molecular weight excluding hydrogens is 404 g/mol. The molecule has 0 aromatic carbocycles. The zero-order valence-corrected chi connectivity index (χ0v) is 19.8. The third-order valence-corrected chi connectivity index (χ3v) is 5.67. The van der Waals surface area contributed by atoms with Gasteiger partial charge in [-0.05, 0) is 43.6 Å². The topological polar surface area (TPSA) is 106 Å². The second-order valence-corrected chi connectivity index (χ2v) is 9.37. The lowest BCUT2D eigenvalue weighted by atomic mass is 9.82. The molecule has 8 heteroatoms. The molecule has 32 heavy (non-hydrogen) atoms. The summed E-state index contributed by atoms with van der Waals surface area (Å²) < 4.78 is 1.85. The van der Waals surface area contributed by atoms with Gasteiger partial charge < -0.3 is 16.0 Å². The van der Waals surface area contributed by atoms with E-state index in [9.17, 15) is 9.59 Å². The molecule has 0 aliphatic carbocycles. The zero-order valence-electron chi connectivity index (χ0n) is 19.8. The molecule has 3 N–H and O–H groups in total. The highest BCUT2D eigenvalue weighted by molar-refractivity contribution is 5.93. The Balaban J connectivity index is 1.57. The molecule has 0 bridgehead atoms. The summed E-state index contributed by atoms with van der Waals surface area (Å²) in [5.74, 6) is -0.124. The number of unbranched alkanes of at least 4 members (excludes halogenated alkanes) is 1. The Bertz CT molecular complexity index is 831. The third kappa shape index (κ3) is 8.07. The van der Waals surface area contributed by atoms with Crippen molar-refractivity contribution in [1.29, 1.82) is 0 Å². The van der Waals surface area contributed by atoms with Crippen molar-refractivity contribution in [2.75, 3.05) is 13.1 Å². The molecule has 176 valence electrons. The van der Waals surface area contributed by atoms with Crippen molar-refractivity contribution < 1.29 is 9.59 Å². The fraction of sp³-hybridized carbons (Fsp3) is 0.583. The van der Waals surface area contributed by atoms with Crippen LogP contribution in [0.4, 0.5) is 0 Å². The summed E-state index contributed by atoms with van der Waals surface area (Å²) in [5, 5.41) is 11.2. The predicted octanol–water partition coefficient (Wildman–Crippen LogP) is 2.73. The Morgan fingerprint density at radius 3 is 2.62 bits per heavy atom. The van der Waals surface area contributed by atoms with Gasteiger partial charge in [-0.3, -0.25) is 14.3 Å². The van der Waals surface area contributed by atoms with Crippen molar-refractivity contribution in [3.8, 4) is 0 Å². The van der Waals surface area contributed by atoms with Crippen LogP contribution in [0.15, 0.2) is 42.8 Å². The minimum absolute atomic E-state index is 0.0266. The fourth-order valence-electron chi connectivity index (χ4n) is 3.50. The Morgan fingerprint density at radius 2 is 1.97 bits per heavy atom. The number of rotatable bonds is 13. The number of nitrogens with zero attached hydrogens (tertiary/aromatic N) is 4. The molecule has 0 saturated heterocycles. The average Bonchev–Trinajstić information content (AvgIpc) is 3.31. The standard InChI is InChI=1S/C24H38N6O2/c1-18-12-13-23(32)30(18)16-14-26-22(31)11-8-9-20-17-29(28-27-20)15-7-6-10-21(25)19(2)24(3,4)5/h12-13,17,21H,1-2,6-11,14-16,25H2,3-5H3,(H,26,31). The van der Waals surface area contributed by atoms with E-state index >= 15 is 0 Å². The van der Waals surface area contributed by atoms with Crippen LogP contribution in [0.1, 0.15) is 58.6 Å². The maximum Gasteiger partial charge on any atom is 0.251 e. The zero-order chi connectivity index (χ0) is 23.7. The van der Waals surface area contributed by atoms with Crippen molar-refractivity contribution in [2.45, 2.75) is 71.9 Å². The lowest BCUT2D eigenvalue weighted by Crippen LogP contribution is -2.34. The number of amides is 2. The maximum atomic E-state index is 12.0. The number of allylic oxidation sites excluding steroid dienone is 1. The number of carbonyl (C=O) groups excluding carboxylic acids is 2. The van der Waals surface area contributed by atoms with Gasteiger partial charge in [0.2, 0.25) is 5.91 Å². The molecule has 8 nitrogen and oxygen atoms in total. The van der Waals surface area contributed by atoms with Gasteiger partial charge in [0.1, 0.15) is 0 Å². The van der Waals surface area contributed by atoms with Crippen molar-refractivity contribution >= 4 is 11.8 Å². The van der Waals surface area contributed by atoms with Gasteiger partial charge in [-0.2, -0.15) is 0 Å². The van der Waals surface area contributed by atoms with Gasteiger partial charge in [0, 0.05) is 50.1 Å². The van der Waals surface area contributed by atoms with E-state index in [2.05, 4.69) is 49.6 Å². The summed E-state index contributed by atoms with van der Waals surface area (Å²) in [6, 6.07) is 0.0266. The summed E-state index contributed by atoms with van der Waals surface area (Å²) in [7, 11) is 0. The number of nitrogens with one attached hydrogen (secondary N) is 1. The van der Waals surface area contributed by atoms with E-state index in [1.54, 1.807) is 11.0 Å². The summed E-state index contributed by atoms with van der Waals surface area (Å²) >= 11 is 0. The van der Waals surface area contributed by atoms with Crippen LogP contribution in [0, 0.1) is 5.41 Å². The number of hydrogen-bond donors (Lipinski definition) is 2. The van der Waals surface area contributed by atoms with Gasteiger partial charge in [0.05, 0.1) is 5.69 Å². The van der Waals surface area contributed by atoms with Crippen LogP contribution in [0.2, 0.25) is 0 Å². The molecule has 2 heterocycles. The number of carbonyl (C=O) groups is 2. The van der Waals surface area contributed by atoms with Crippen molar-refractivity contribution in [3.05, 3.63) is 48.5 Å². The quantitative estimate of drug-likeness (QED) is 0.361. The normalized spacial score (nSPS) is 14.8. The number of aromatic nitrogens is 3. The molecule has 1 unspecified atom stereocenters. The first kappa shape index (κ1) is 25.5. The van der Waals surface area contributed by atoms with Gasteiger partial charge in [-0.15, -0.1) is 5.10 Å². The molecular formula is C24H38N6O2. The molecule has 2 rings (SSSR count). The van der Waals surface area contributed by atoms with E-state index in [1.165, 1.54) is 6.08 Å². The Hall–Kier alpha value is -2.74. The lowest BCUT2D eigenvalue weighted by Gasteiger charge is -2.27. The summed E-state index contributed by atoms with van der Waals surface area (Å²) in [6.45, 7) is 16.0. The number of aryl methyl sites for hydroxylation is 2. The van der Waals surface area contributed by atoms with Gasteiger partial charge in [0.15, 0.2) is 0 Å². The van der Waals surface area contributed by atoms with Crippen molar-refractivity contribution in [2.24, 2.45) is 11.1 Å². The van der Waals surface area contributed by atoms with Gasteiger partial charge >= 0.3 is 0 Å². The Kier molecular flexibility index (Phi) is 9.38. The number of nitrogens with two attached hydrogens (primary N) is 1. The van der Waals surface area contributed by atoms with Crippen LogP contribution in [0.5, 0.6) is 0 Å². The van der Waals surface area contributed by atoms with E-state index in [0.29, 0.717) is 38.0 Å². The Labute approximate surface area is 191 Å². The van der Waals surface area contributed by atoms with Gasteiger partial charge in [-0.1, -0.05) is 44.7 Å². The SMILES string of the molecule is C=C1C=CC(=O)N1CCNC(=O)CCCc1cn(CCCCC(N)C(=C)C(C)(C)C)nn1. The van der Waals surface area contributed by atoms with Crippen LogP contribution < -0.4 is 11.1 Å². The highest BCUT2D eigenvalue weighted by Crippen LogP contribution is 2.27. The summed E-state index contributed by atoms with van der Waals surface area (Å²) in [6.07, 6.45) is 9.84.